The molecule has 0 aliphatic carbocycles. The minimum absolute atomic E-state index is 0.166. The lowest BCUT2D eigenvalue weighted by atomic mass is 10.1. The molecule has 1 rings (SSSR count). The van der Waals surface area contributed by atoms with Gasteiger partial charge in [-0.1, -0.05) is 0 Å². The third-order valence-corrected chi connectivity index (χ3v) is 4.33. The van der Waals surface area contributed by atoms with E-state index in [0.29, 0.717) is 5.69 Å². The van der Waals surface area contributed by atoms with Gasteiger partial charge >= 0.3 is 11.9 Å². The molecule has 0 saturated carbocycles. The number of aliphatic carboxylic acids is 2. The third kappa shape index (κ3) is 9.77. The van der Waals surface area contributed by atoms with Gasteiger partial charge in [-0.15, -0.1) is 0 Å². The number of hydrogen-bond donors (Lipinski definition) is 8. The molecular weight excluding hydrogens is 442 g/mol. The molecule has 0 aliphatic heterocycles. The van der Waals surface area contributed by atoms with Crippen LogP contribution in [0.15, 0.2) is 12.5 Å². The van der Waals surface area contributed by atoms with E-state index in [9.17, 15) is 28.8 Å². The molecule has 4 atom stereocenters. The van der Waals surface area contributed by atoms with Gasteiger partial charge < -0.3 is 42.6 Å². The highest BCUT2D eigenvalue weighted by Gasteiger charge is 2.31. The maximum atomic E-state index is 12.8. The van der Waals surface area contributed by atoms with Gasteiger partial charge in [0.25, 0.3) is 0 Å². The van der Waals surface area contributed by atoms with Gasteiger partial charge in [0.1, 0.15) is 18.1 Å². The largest absolute Gasteiger partial charge is 0.481 e. The van der Waals surface area contributed by atoms with Gasteiger partial charge in [0.2, 0.25) is 23.6 Å². The van der Waals surface area contributed by atoms with Crippen LogP contribution in [0.2, 0.25) is 0 Å². The van der Waals surface area contributed by atoms with Crippen LogP contribution in [0, 0.1) is 0 Å². The highest BCUT2D eigenvalue weighted by Crippen LogP contribution is 2.05. The van der Waals surface area contributed by atoms with Crippen molar-refractivity contribution in [2.24, 2.45) is 11.5 Å². The molecule has 15 nitrogen and oxygen atoms in total. The summed E-state index contributed by atoms with van der Waals surface area (Å²) < 4.78 is 0. The second kappa shape index (κ2) is 12.7. The van der Waals surface area contributed by atoms with Gasteiger partial charge in [0, 0.05) is 24.7 Å². The number of primary amides is 1. The van der Waals surface area contributed by atoms with Crippen molar-refractivity contribution in [3.63, 3.8) is 0 Å². The second-order valence-corrected chi connectivity index (χ2v) is 7.19. The fraction of sp³-hybridized carbons (Fsp3) is 0.500. The summed E-state index contributed by atoms with van der Waals surface area (Å²) in [6.07, 6.45) is 1.18. The van der Waals surface area contributed by atoms with Crippen molar-refractivity contribution in [2.75, 3.05) is 0 Å². The first-order valence-electron chi connectivity index (χ1n) is 9.77. The first-order valence-corrected chi connectivity index (χ1v) is 9.77. The molecule has 0 bridgehead atoms. The molecular formula is C18H27N7O8. The molecule has 10 N–H and O–H groups in total. The number of carbonyl (C=O) groups is 6. The monoisotopic (exact) mass is 469 g/mol. The second-order valence-electron chi connectivity index (χ2n) is 7.19. The van der Waals surface area contributed by atoms with Gasteiger partial charge in [0.15, 0.2) is 0 Å². The Morgan fingerprint density at radius 3 is 2.06 bits per heavy atom. The van der Waals surface area contributed by atoms with Crippen LogP contribution < -0.4 is 27.4 Å². The summed E-state index contributed by atoms with van der Waals surface area (Å²) in [5.41, 5.74) is 11.0. The molecule has 182 valence electrons. The average molecular weight is 469 g/mol. The number of rotatable bonds is 14. The van der Waals surface area contributed by atoms with Crippen LogP contribution in [0.1, 0.15) is 31.9 Å². The Morgan fingerprint density at radius 2 is 1.58 bits per heavy atom. The Morgan fingerprint density at radius 1 is 1.00 bits per heavy atom. The van der Waals surface area contributed by atoms with E-state index in [2.05, 4.69) is 25.9 Å². The Labute approximate surface area is 187 Å². The number of amides is 4. The molecule has 0 aromatic carbocycles. The molecule has 0 fully saturated rings. The van der Waals surface area contributed by atoms with Crippen LogP contribution in [0.25, 0.3) is 0 Å². The molecule has 15 heteroatoms. The van der Waals surface area contributed by atoms with Crippen molar-refractivity contribution < 1.29 is 39.0 Å². The molecule has 0 spiro atoms. The molecule has 0 aliphatic rings. The highest BCUT2D eigenvalue weighted by atomic mass is 16.4. The maximum absolute atomic E-state index is 12.8. The summed E-state index contributed by atoms with van der Waals surface area (Å²) in [6, 6.07) is -5.37. The fourth-order valence-electron chi connectivity index (χ4n) is 2.60. The van der Waals surface area contributed by atoms with Crippen molar-refractivity contribution in [1.82, 2.24) is 25.9 Å². The third-order valence-electron chi connectivity index (χ3n) is 4.33. The number of nitrogens with two attached hydrogens (primary N) is 2. The van der Waals surface area contributed by atoms with E-state index in [0.717, 1.165) is 0 Å². The normalized spacial score (nSPS) is 14.2. The van der Waals surface area contributed by atoms with E-state index < -0.39 is 66.2 Å². The topological polar surface area (TPSA) is 260 Å². The lowest BCUT2D eigenvalue weighted by Crippen LogP contribution is -2.57. The molecule has 0 saturated heterocycles. The van der Waals surface area contributed by atoms with Gasteiger partial charge in [-0.2, -0.15) is 0 Å². The van der Waals surface area contributed by atoms with Gasteiger partial charge in [-0.3, -0.25) is 24.0 Å². The molecule has 1 aromatic rings. The predicted molar refractivity (Wildman–Crippen MR) is 110 cm³/mol. The van der Waals surface area contributed by atoms with Crippen LogP contribution in [0.5, 0.6) is 0 Å². The summed E-state index contributed by atoms with van der Waals surface area (Å²) >= 11 is 0. The number of H-pyrrole nitrogens is 1. The van der Waals surface area contributed by atoms with Crippen molar-refractivity contribution in [1.29, 1.82) is 0 Å². The zero-order valence-corrected chi connectivity index (χ0v) is 17.7. The van der Waals surface area contributed by atoms with Crippen molar-refractivity contribution >= 4 is 35.6 Å². The Hall–Kier alpha value is -4.01. The van der Waals surface area contributed by atoms with Crippen molar-refractivity contribution in [3.05, 3.63) is 18.2 Å². The Balaban J connectivity index is 3.07. The van der Waals surface area contributed by atoms with Gasteiger partial charge in [-0.05, 0) is 13.3 Å². The van der Waals surface area contributed by atoms with E-state index in [1.54, 1.807) is 0 Å². The molecule has 0 radical (unpaired) electrons. The number of aromatic nitrogens is 2. The number of nitrogens with zero attached hydrogens (tertiary/aromatic N) is 1. The number of imidazole rings is 1. The first kappa shape index (κ1) is 27.0. The summed E-state index contributed by atoms with van der Waals surface area (Å²) in [7, 11) is 0. The molecule has 33 heavy (non-hydrogen) atoms. The van der Waals surface area contributed by atoms with E-state index in [1.165, 1.54) is 19.4 Å². The quantitative estimate of drug-likeness (QED) is 0.134. The molecule has 1 heterocycles. The number of aromatic amines is 1. The van der Waals surface area contributed by atoms with Crippen LogP contribution >= 0.6 is 0 Å². The summed E-state index contributed by atoms with van der Waals surface area (Å²) in [6.45, 7) is 1.38. The SMILES string of the molecule is CC(N)C(=O)NC(CCC(N)=O)C(=O)NC(Cc1cnc[nH]1)C(=O)NC(CC(=O)O)C(=O)O. The average Bonchev–Trinajstić information content (AvgIpc) is 3.22. The summed E-state index contributed by atoms with van der Waals surface area (Å²) in [5, 5.41) is 24.8. The first-order chi connectivity index (χ1) is 15.4. The smallest absolute Gasteiger partial charge is 0.326 e. The lowest BCUT2D eigenvalue weighted by Gasteiger charge is -2.24. The van der Waals surface area contributed by atoms with Gasteiger partial charge in [-0.25, -0.2) is 9.78 Å². The minimum atomic E-state index is -1.75. The Bertz CT molecular complexity index is 871. The van der Waals surface area contributed by atoms with E-state index in [1.807, 2.05) is 0 Å². The zero-order valence-electron chi connectivity index (χ0n) is 17.7. The maximum Gasteiger partial charge on any atom is 0.326 e. The van der Waals surface area contributed by atoms with Crippen LogP contribution in [-0.2, 0) is 35.2 Å². The van der Waals surface area contributed by atoms with Crippen LogP contribution in [-0.4, -0.2) is 79.9 Å². The minimum Gasteiger partial charge on any atom is -0.481 e. The molecule has 1 aromatic heterocycles. The lowest BCUT2D eigenvalue weighted by molar-refractivity contribution is -0.147. The van der Waals surface area contributed by atoms with Crippen molar-refractivity contribution in [3.8, 4) is 0 Å². The van der Waals surface area contributed by atoms with Crippen LogP contribution in [0.3, 0.4) is 0 Å². The van der Waals surface area contributed by atoms with Crippen LogP contribution in [0.4, 0.5) is 0 Å². The number of carboxylic acids is 2. The number of nitrogens with one attached hydrogen (secondary N) is 4. The summed E-state index contributed by atoms with van der Waals surface area (Å²) in [5.74, 6) is -6.31. The molecule has 4 amide bonds. The zero-order chi connectivity index (χ0) is 25.1. The molecule has 4 unspecified atom stereocenters. The summed E-state index contributed by atoms with van der Waals surface area (Å²) in [4.78, 5) is 77.3. The van der Waals surface area contributed by atoms with Gasteiger partial charge in [0.05, 0.1) is 18.8 Å². The highest BCUT2D eigenvalue weighted by molar-refractivity contribution is 5.95. The van der Waals surface area contributed by atoms with E-state index >= 15 is 0 Å². The predicted octanol–water partition coefficient (Wildman–Crippen LogP) is -3.42. The van der Waals surface area contributed by atoms with Crippen molar-refractivity contribution in [2.45, 2.75) is 56.8 Å². The number of carbonyl (C=O) groups excluding carboxylic acids is 4. The van der Waals surface area contributed by atoms with E-state index in [4.69, 9.17) is 21.7 Å². The Kier molecular flexibility index (Phi) is 10.4. The van der Waals surface area contributed by atoms with E-state index in [-0.39, 0.29) is 19.3 Å². The standard InChI is InChI=1S/C18H27N7O8/c1-8(19)15(29)23-10(2-3-13(20)26)16(30)24-11(4-9-6-21-7-22-9)17(31)25-12(18(32)33)5-14(27)28/h6-8,10-12H,2-5,19H2,1H3,(H2,20,26)(H,21,22)(H,23,29)(H,24,30)(H,25,31)(H,27,28)(H,32,33). The number of carboxylic acid groups (broad SMARTS) is 2. The number of hydrogen-bond acceptors (Lipinski definition) is 8. The fourth-order valence-corrected chi connectivity index (χ4v) is 2.60.